The summed E-state index contributed by atoms with van der Waals surface area (Å²) in [6, 6.07) is 44.9. The summed E-state index contributed by atoms with van der Waals surface area (Å²) < 4.78 is 0. The molecule has 0 spiro atoms. The van der Waals surface area contributed by atoms with Gasteiger partial charge in [-0.05, 0) is 81.6 Å². The maximum atomic E-state index is 2.55. The van der Waals surface area contributed by atoms with E-state index in [0.29, 0.717) is 6.04 Å². The molecule has 2 aliphatic rings. The van der Waals surface area contributed by atoms with Gasteiger partial charge in [0.2, 0.25) is 0 Å². The number of anilines is 2. The Morgan fingerprint density at radius 1 is 0.412 bits per heavy atom. The molecular formula is C33H25N. The molecule has 5 aromatic carbocycles. The zero-order valence-corrected chi connectivity index (χ0v) is 19.0. The van der Waals surface area contributed by atoms with Gasteiger partial charge in [-0.3, -0.25) is 0 Å². The molecule has 0 saturated carbocycles. The van der Waals surface area contributed by atoms with Crippen LogP contribution in [-0.4, -0.2) is 6.04 Å². The van der Waals surface area contributed by atoms with E-state index in [-0.39, 0.29) is 0 Å². The van der Waals surface area contributed by atoms with Crippen LogP contribution in [0.5, 0.6) is 0 Å². The van der Waals surface area contributed by atoms with Gasteiger partial charge in [0.05, 0.1) is 0 Å². The summed E-state index contributed by atoms with van der Waals surface area (Å²) >= 11 is 0. The van der Waals surface area contributed by atoms with Gasteiger partial charge in [0.25, 0.3) is 0 Å². The number of hydrogen-bond acceptors (Lipinski definition) is 1. The van der Waals surface area contributed by atoms with Gasteiger partial charge >= 0.3 is 0 Å². The van der Waals surface area contributed by atoms with Crippen LogP contribution in [0.2, 0.25) is 0 Å². The molecule has 2 aliphatic heterocycles. The molecule has 1 unspecified atom stereocenters. The molecular weight excluding hydrogens is 410 g/mol. The third-order valence-electron chi connectivity index (χ3n) is 7.39. The van der Waals surface area contributed by atoms with E-state index in [4.69, 9.17) is 0 Å². The first-order chi connectivity index (χ1) is 16.8. The van der Waals surface area contributed by atoms with Crippen molar-refractivity contribution in [3.63, 3.8) is 0 Å². The fourth-order valence-electron chi connectivity index (χ4n) is 5.73. The van der Waals surface area contributed by atoms with Gasteiger partial charge in [-0.1, -0.05) is 97.1 Å². The number of para-hydroxylation sites is 1. The zero-order chi connectivity index (χ0) is 22.5. The van der Waals surface area contributed by atoms with Crippen molar-refractivity contribution in [2.45, 2.75) is 18.9 Å². The maximum absolute atomic E-state index is 2.55. The van der Waals surface area contributed by atoms with E-state index in [9.17, 15) is 0 Å². The van der Waals surface area contributed by atoms with E-state index in [2.05, 4.69) is 126 Å². The number of fused-ring (bicyclic) bond motifs is 5. The van der Waals surface area contributed by atoms with Gasteiger partial charge in [-0.15, -0.1) is 0 Å². The van der Waals surface area contributed by atoms with Crippen molar-refractivity contribution in [3.8, 4) is 33.4 Å². The normalized spacial score (nSPS) is 15.6. The zero-order valence-electron chi connectivity index (χ0n) is 19.0. The maximum Gasteiger partial charge on any atom is 0.0447 e. The van der Waals surface area contributed by atoms with Gasteiger partial charge in [-0.2, -0.15) is 0 Å². The summed E-state index contributed by atoms with van der Waals surface area (Å²) in [5.74, 6) is 0. The summed E-state index contributed by atoms with van der Waals surface area (Å²) in [5.41, 5.74) is 13.3. The van der Waals surface area contributed by atoms with Crippen LogP contribution in [0, 0.1) is 0 Å². The van der Waals surface area contributed by atoms with Crippen molar-refractivity contribution in [1.82, 2.24) is 0 Å². The van der Waals surface area contributed by atoms with Crippen molar-refractivity contribution in [3.05, 3.63) is 132 Å². The van der Waals surface area contributed by atoms with E-state index in [1.807, 2.05) is 0 Å². The average Bonchev–Trinajstić information content (AvgIpc) is 3.45. The molecule has 0 radical (unpaired) electrons. The van der Waals surface area contributed by atoms with Crippen LogP contribution >= 0.6 is 0 Å². The largest absolute Gasteiger partial charge is 0.337 e. The van der Waals surface area contributed by atoms with Gasteiger partial charge < -0.3 is 4.90 Å². The first-order valence-electron chi connectivity index (χ1n) is 12.1. The van der Waals surface area contributed by atoms with Crippen LogP contribution in [0.3, 0.4) is 0 Å². The van der Waals surface area contributed by atoms with Crippen LogP contribution in [0.1, 0.15) is 11.1 Å². The number of hydrogen-bond donors (Lipinski definition) is 0. The molecule has 162 valence electrons. The third kappa shape index (κ3) is 3.16. The second-order valence-electron chi connectivity index (χ2n) is 9.43. The lowest BCUT2D eigenvalue weighted by Crippen LogP contribution is -2.22. The van der Waals surface area contributed by atoms with Gasteiger partial charge in [-0.25, -0.2) is 0 Å². The summed E-state index contributed by atoms with van der Waals surface area (Å²) in [6.45, 7) is 0. The van der Waals surface area contributed by atoms with Crippen molar-refractivity contribution in [2.24, 2.45) is 0 Å². The Hall–Kier alpha value is -4.10. The Balaban J connectivity index is 1.20. The van der Waals surface area contributed by atoms with Gasteiger partial charge in [0.1, 0.15) is 0 Å². The summed E-state index contributed by atoms with van der Waals surface area (Å²) in [6.07, 6.45) is 2.27. The van der Waals surface area contributed by atoms with E-state index < -0.39 is 0 Å². The standard InChI is InChI=1S/C33H25N/c1-2-7-23(8-3-1)24-13-15-25(16-14-24)26-10-6-11-27(19-26)28-17-18-33-30(20-28)22-31-21-29-9-4-5-12-32(29)34(31)33/h1-20,31H,21-22H2. The fourth-order valence-corrected chi connectivity index (χ4v) is 5.73. The van der Waals surface area contributed by atoms with Crippen LogP contribution in [0.4, 0.5) is 11.4 Å². The highest BCUT2D eigenvalue weighted by Gasteiger charge is 2.36. The van der Waals surface area contributed by atoms with Crippen molar-refractivity contribution in [1.29, 1.82) is 0 Å². The number of rotatable bonds is 3. The molecule has 1 heteroatoms. The highest BCUT2D eigenvalue weighted by molar-refractivity contribution is 5.81. The Bertz CT molecular complexity index is 1500. The highest BCUT2D eigenvalue weighted by atomic mass is 15.2. The monoisotopic (exact) mass is 435 g/mol. The minimum atomic E-state index is 0.567. The highest BCUT2D eigenvalue weighted by Crippen LogP contribution is 2.46. The molecule has 0 saturated heterocycles. The van der Waals surface area contributed by atoms with Gasteiger partial charge in [0, 0.05) is 17.4 Å². The SMILES string of the molecule is c1ccc(-c2ccc(-c3cccc(-c4ccc5c(c4)CC4Cc6ccccc6N54)c3)cc2)cc1. The predicted octanol–water partition coefficient (Wildman–Crippen LogP) is 8.31. The van der Waals surface area contributed by atoms with Gasteiger partial charge in [0.15, 0.2) is 0 Å². The molecule has 2 heterocycles. The molecule has 5 aromatic rings. The number of benzene rings is 5. The number of nitrogens with zero attached hydrogens (tertiary/aromatic N) is 1. The molecule has 0 aliphatic carbocycles. The van der Waals surface area contributed by atoms with Crippen molar-refractivity contribution in [2.75, 3.05) is 4.90 Å². The average molecular weight is 436 g/mol. The first kappa shape index (κ1) is 19.4. The third-order valence-corrected chi connectivity index (χ3v) is 7.39. The van der Waals surface area contributed by atoms with E-state index >= 15 is 0 Å². The van der Waals surface area contributed by atoms with E-state index in [1.54, 1.807) is 0 Å². The van der Waals surface area contributed by atoms with Crippen molar-refractivity contribution >= 4 is 11.4 Å². The molecule has 0 N–H and O–H groups in total. The molecule has 0 aromatic heterocycles. The summed E-state index contributed by atoms with van der Waals surface area (Å²) in [5, 5.41) is 0. The molecule has 7 rings (SSSR count). The lowest BCUT2D eigenvalue weighted by atomic mass is 9.95. The lowest BCUT2D eigenvalue weighted by Gasteiger charge is -2.20. The second kappa shape index (κ2) is 7.74. The fraction of sp³-hybridized carbons (Fsp3) is 0.0909. The Kier molecular flexibility index (Phi) is 4.41. The lowest BCUT2D eigenvalue weighted by molar-refractivity contribution is 0.725. The minimum absolute atomic E-state index is 0.567. The van der Waals surface area contributed by atoms with Crippen LogP contribution in [0.25, 0.3) is 33.4 Å². The van der Waals surface area contributed by atoms with Crippen LogP contribution in [0.15, 0.2) is 121 Å². The smallest absolute Gasteiger partial charge is 0.0447 e. The molecule has 0 fully saturated rings. The van der Waals surface area contributed by atoms with Crippen LogP contribution in [-0.2, 0) is 12.8 Å². The molecule has 1 atom stereocenters. The molecule has 0 amide bonds. The first-order valence-corrected chi connectivity index (χ1v) is 12.1. The summed E-state index contributed by atoms with van der Waals surface area (Å²) in [7, 11) is 0. The van der Waals surface area contributed by atoms with E-state index in [1.165, 1.54) is 55.9 Å². The van der Waals surface area contributed by atoms with E-state index in [0.717, 1.165) is 12.8 Å². The topological polar surface area (TPSA) is 3.24 Å². The van der Waals surface area contributed by atoms with Crippen molar-refractivity contribution < 1.29 is 0 Å². The quantitative estimate of drug-likeness (QED) is 0.275. The van der Waals surface area contributed by atoms with Crippen LogP contribution < -0.4 is 4.90 Å². The summed E-state index contributed by atoms with van der Waals surface area (Å²) in [4.78, 5) is 2.55. The Labute approximate surface area is 201 Å². The molecule has 0 bridgehead atoms. The second-order valence-corrected chi connectivity index (χ2v) is 9.43. The minimum Gasteiger partial charge on any atom is -0.337 e. The predicted molar refractivity (Wildman–Crippen MR) is 143 cm³/mol. The Morgan fingerprint density at radius 2 is 0.941 bits per heavy atom. The Morgan fingerprint density at radius 3 is 1.76 bits per heavy atom. The molecule has 34 heavy (non-hydrogen) atoms. The molecule has 1 nitrogen and oxygen atoms in total.